The van der Waals surface area contributed by atoms with Crippen LogP contribution in [0.15, 0.2) is 127 Å². The van der Waals surface area contributed by atoms with Crippen molar-refractivity contribution in [2.75, 3.05) is 31.1 Å². The smallest absolute Gasteiger partial charge is 0.326 e. The molecule has 4 N–H and O–H groups in total. The molecule has 0 aromatic heterocycles. The number of carbonyl (C=O) groups is 2. The van der Waals surface area contributed by atoms with Crippen molar-refractivity contribution in [3.63, 3.8) is 0 Å². The molecule has 8 heteroatoms. The van der Waals surface area contributed by atoms with Crippen LogP contribution in [0.5, 0.6) is 0 Å². The van der Waals surface area contributed by atoms with Gasteiger partial charge in [0.1, 0.15) is 0 Å². The van der Waals surface area contributed by atoms with E-state index in [1.54, 1.807) is 0 Å². The van der Waals surface area contributed by atoms with Gasteiger partial charge in [0.2, 0.25) is 0 Å². The molecule has 0 heterocycles. The summed E-state index contributed by atoms with van der Waals surface area (Å²) in [5.74, 6) is 0.801. The molecule has 276 valence electrons. The zero-order chi connectivity index (χ0) is 37.9. The summed E-state index contributed by atoms with van der Waals surface area (Å²) in [6.45, 7) is 14.8. The Labute approximate surface area is 315 Å². The predicted octanol–water partition coefficient (Wildman–Crippen LogP) is 12.4. The second-order valence-electron chi connectivity index (χ2n) is 14.7. The fraction of sp³-hybridized carbons (Fsp3) is 0.289. The molecule has 0 saturated carbocycles. The van der Waals surface area contributed by atoms with E-state index in [9.17, 15) is 9.59 Å². The van der Waals surface area contributed by atoms with Gasteiger partial charge in [-0.3, -0.25) is 9.80 Å². The number of carbonyl (C=O) groups excluding carboxylic acids is 2. The van der Waals surface area contributed by atoms with Crippen molar-refractivity contribution in [1.29, 1.82) is 0 Å². The van der Waals surface area contributed by atoms with Crippen molar-refractivity contribution in [1.82, 2.24) is 0 Å². The quantitative estimate of drug-likeness (QED) is 0.0924. The highest BCUT2D eigenvalue weighted by Gasteiger charge is 2.25. The molecule has 2 unspecified atom stereocenters. The average Bonchev–Trinajstić information content (AvgIpc) is 3.12. The van der Waals surface area contributed by atoms with E-state index < -0.39 is 0 Å². The molecule has 5 aromatic carbocycles. The predicted molar refractivity (Wildman–Crippen MR) is 224 cm³/mol. The molecule has 0 aliphatic rings. The van der Waals surface area contributed by atoms with Gasteiger partial charge in [0.05, 0.1) is 0 Å². The van der Waals surface area contributed by atoms with Gasteiger partial charge < -0.3 is 21.3 Å². The zero-order valence-corrected chi connectivity index (χ0v) is 32.1. The molecule has 0 saturated heterocycles. The molecule has 5 rings (SSSR count). The second-order valence-corrected chi connectivity index (χ2v) is 14.7. The number of urea groups is 2. The molecule has 53 heavy (non-hydrogen) atoms. The standard InChI is InChI=1S/C45H54N6O2/c1-31(2)28-34(6)50(41-24-20-38(21-25-41)46-36-14-10-8-11-15-36)44(52)48-40-19-18-33(5)43(30-40)49-45(53)51(35(7)29-32(3)4)42-26-22-39(23-27-42)47-37-16-12-9-13-17-37/h8-27,30-32,34-35,46-47H,28-29H2,1-7H3,(H,48,52)(H,49,53). The third-order valence-corrected chi connectivity index (χ3v) is 9.09. The van der Waals surface area contributed by atoms with Gasteiger partial charge in [0.15, 0.2) is 0 Å². The fourth-order valence-corrected chi connectivity index (χ4v) is 6.70. The van der Waals surface area contributed by atoms with Crippen molar-refractivity contribution < 1.29 is 9.59 Å². The van der Waals surface area contributed by atoms with Crippen LogP contribution in [-0.2, 0) is 0 Å². The monoisotopic (exact) mass is 710 g/mol. The first-order chi connectivity index (χ1) is 25.5. The molecule has 5 aromatic rings. The number of amides is 4. The maximum atomic E-state index is 14.1. The van der Waals surface area contributed by atoms with E-state index in [4.69, 9.17) is 0 Å². The van der Waals surface area contributed by atoms with Crippen LogP contribution in [0.1, 0.15) is 59.9 Å². The first kappa shape index (κ1) is 38.5. The van der Waals surface area contributed by atoms with E-state index >= 15 is 0 Å². The first-order valence-electron chi connectivity index (χ1n) is 18.6. The Hall–Kier alpha value is -5.76. The van der Waals surface area contributed by atoms with Gasteiger partial charge in [-0.1, -0.05) is 70.2 Å². The Kier molecular flexibility index (Phi) is 13.2. The van der Waals surface area contributed by atoms with Gasteiger partial charge in [-0.05, 0) is 136 Å². The minimum Gasteiger partial charge on any atom is -0.356 e. The third kappa shape index (κ3) is 10.9. The number of nitrogens with one attached hydrogen (secondary N) is 4. The van der Waals surface area contributed by atoms with E-state index in [0.717, 1.165) is 52.5 Å². The number of anilines is 8. The number of para-hydroxylation sites is 2. The van der Waals surface area contributed by atoms with Crippen molar-refractivity contribution in [3.8, 4) is 0 Å². The van der Waals surface area contributed by atoms with Gasteiger partial charge in [-0.15, -0.1) is 0 Å². The summed E-state index contributed by atoms with van der Waals surface area (Å²) < 4.78 is 0. The first-order valence-corrected chi connectivity index (χ1v) is 18.6. The molecule has 0 aliphatic carbocycles. The molecule has 0 aliphatic heterocycles. The van der Waals surface area contributed by atoms with Crippen molar-refractivity contribution in [2.45, 2.75) is 73.4 Å². The van der Waals surface area contributed by atoms with Gasteiger partial charge in [-0.2, -0.15) is 0 Å². The van der Waals surface area contributed by atoms with Crippen LogP contribution < -0.4 is 31.1 Å². The lowest BCUT2D eigenvalue weighted by Crippen LogP contribution is -2.43. The summed E-state index contributed by atoms with van der Waals surface area (Å²) in [4.78, 5) is 31.8. The highest BCUT2D eigenvalue weighted by Crippen LogP contribution is 2.29. The van der Waals surface area contributed by atoms with Crippen molar-refractivity contribution in [2.24, 2.45) is 11.8 Å². The Morgan fingerprint density at radius 3 is 1.28 bits per heavy atom. The van der Waals surface area contributed by atoms with Gasteiger partial charge in [-0.25, -0.2) is 9.59 Å². The lowest BCUT2D eigenvalue weighted by atomic mass is 10.0. The lowest BCUT2D eigenvalue weighted by Gasteiger charge is -2.31. The third-order valence-electron chi connectivity index (χ3n) is 9.09. The lowest BCUT2D eigenvalue weighted by molar-refractivity contribution is 0.253. The van der Waals surface area contributed by atoms with Crippen LogP contribution in [0.3, 0.4) is 0 Å². The molecule has 4 amide bonds. The molecular weight excluding hydrogens is 657 g/mol. The van der Waals surface area contributed by atoms with E-state index in [0.29, 0.717) is 23.2 Å². The number of hydrogen-bond acceptors (Lipinski definition) is 4. The highest BCUT2D eigenvalue weighted by molar-refractivity contribution is 6.05. The number of hydrogen-bond donors (Lipinski definition) is 4. The molecule has 0 bridgehead atoms. The normalized spacial score (nSPS) is 12.2. The maximum Gasteiger partial charge on any atom is 0.326 e. The minimum absolute atomic E-state index is 0.0576. The summed E-state index contributed by atoms with van der Waals surface area (Å²) in [6.07, 6.45) is 1.67. The fourth-order valence-electron chi connectivity index (χ4n) is 6.70. The number of aryl methyl sites for hydroxylation is 1. The average molecular weight is 711 g/mol. The largest absolute Gasteiger partial charge is 0.356 e. The van der Waals surface area contributed by atoms with Crippen molar-refractivity contribution >= 4 is 57.6 Å². The van der Waals surface area contributed by atoms with E-state index in [1.165, 1.54) is 0 Å². The minimum atomic E-state index is -0.237. The summed E-state index contributed by atoms with van der Waals surface area (Å²) in [5.41, 5.74) is 7.59. The number of rotatable bonds is 14. The Balaban J connectivity index is 1.34. The zero-order valence-electron chi connectivity index (χ0n) is 32.1. The Morgan fingerprint density at radius 2 is 0.868 bits per heavy atom. The van der Waals surface area contributed by atoms with Crippen LogP contribution in [0, 0.1) is 18.8 Å². The van der Waals surface area contributed by atoms with Crippen LogP contribution in [0.4, 0.5) is 55.1 Å². The summed E-state index contributed by atoms with van der Waals surface area (Å²) >= 11 is 0. The van der Waals surface area contributed by atoms with E-state index in [1.807, 2.05) is 144 Å². The molecular formula is C45H54N6O2. The molecule has 0 radical (unpaired) electrons. The highest BCUT2D eigenvalue weighted by atomic mass is 16.2. The van der Waals surface area contributed by atoms with Gasteiger partial charge >= 0.3 is 12.1 Å². The van der Waals surface area contributed by atoms with Crippen LogP contribution in [0.25, 0.3) is 0 Å². The number of nitrogens with zero attached hydrogens (tertiary/aromatic N) is 2. The molecule has 0 fully saturated rings. The summed E-state index contributed by atoms with van der Waals surface area (Å²) in [6, 6.07) is 40.9. The second kappa shape index (κ2) is 18.1. The van der Waals surface area contributed by atoms with Gasteiger partial charge in [0.25, 0.3) is 0 Å². The van der Waals surface area contributed by atoms with Crippen LogP contribution in [-0.4, -0.2) is 24.1 Å². The maximum absolute atomic E-state index is 14.1. The summed E-state index contributed by atoms with van der Waals surface area (Å²) in [7, 11) is 0. The molecule has 2 atom stereocenters. The van der Waals surface area contributed by atoms with E-state index in [-0.39, 0.29) is 24.1 Å². The topological polar surface area (TPSA) is 88.7 Å². The van der Waals surface area contributed by atoms with Crippen LogP contribution >= 0.6 is 0 Å². The van der Waals surface area contributed by atoms with E-state index in [2.05, 4.69) is 62.8 Å². The van der Waals surface area contributed by atoms with Crippen molar-refractivity contribution in [3.05, 3.63) is 133 Å². The molecule has 8 nitrogen and oxygen atoms in total. The summed E-state index contributed by atoms with van der Waals surface area (Å²) in [5, 5.41) is 13.1. The number of benzene rings is 5. The Morgan fingerprint density at radius 1 is 0.491 bits per heavy atom. The Bertz CT molecular complexity index is 1910. The van der Waals surface area contributed by atoms with Crippen LogP contribution in [0.2, 0.25) is 0 Å². The SMILES string of the molecule is Cc1ccc(NC(=O)N(c2ccc(Nc3ccccc3)cc2)C(C)CC(C)C)cc1NC(=O)N(c1ccc(Nc2ccccc2)cc1)C(C)CC(C)C. The van der Waals surface area contributed by atoms with Gasteiger partial charge in [0, 0.05) is 57.6 Å². The molecule has 0 spiro atoms.